The van der Waals surface area contributed by atoms with Gasteiger partial charge in [0.2, 0.25) is 0 Å². The molecule has 0 fully saturated rings. The molecule has 0 aliphatic rings. The van der Waals surface area contributed by atoms with E-state index in [1.54, 1.807) is 12.1 Å². The largest absolute Gasteiger partial charge is 0.465 e. The molecule has 2 nitrogen and oxygen atoms in total. The number of benzene rings is 2. The van der Waals surface area contributed by atoms with E-state index < -0.39 is 0 Å². The van der Waals surface area contributed by atoms with Crippen LogP contribution < -0.4 is 0 Å². The van der Waals surface area contributed by atoms with E-state index in [-0.39, 0.29) is 5.97 Å². The van der Waals surface area contributed by atoms with E-state index in [1.165, 1.54) is 7.11 Å². The van der Waals surface area contributed by atoms with Crippen molar-refractivity contribution >= 4 is 33.5 Å². The zero-order valence-electron chi connectivity index (χ0n) is 9.61. The van der Waals surface area contributed by atoms with E-state index in [2.05, 4.69) is 20.7 Å². The van der Waals surface area contributed by atoms with E-state index in [0.717, 1.165) is 15.6 Å². The van der Waals surface area contributed by atoms with Crippen LogP contribution >= 0.6 is 27.5 Å². The normalized spacial score (nSPS) is 10.2. The Hall–Kier alpha value is -1.32. The minimum Gasteiger partial charge on any atom is -0.465 e. The minimum atomic E-state index is -0.344. The standard InChI is InChI=1S/C14H10BrClO2/c1-18-14(17)10-4-2-9(3-5-10)12-7-6-11(15)8-13(12)16/h2-8H,1H3. The quantitative estimate of drug-likeness (QED) is 0.757. The number of esters is 1. The minimum absolute atomic E-state index is 0.344. The van der Waals surface area contributed by atoms with Gasteiger partial charge in [0.1, 0.15) is 0 Å². The molecule has 0 amide bonds. The lowest BCUT2D eigenvalue weighted by molar-refractivity contribution is 0.0601. The highest BCUT2D eigenvalue weighted by Gasteiger charge is 2.07. The van der Waals surface area contributed by atoms with Crippen LogP contribution in [0, 0.1) is 0 Å². The van der Waals surface area contributed by atoms with Crippen LogP contribution in [0.3, 0.4) is 0 Å². The fourth-order valence-electron chi connectivity index (χ4n) is 1.63. The lowest BCUT2D eigenvalue weighted by atomic mass is 10.0. The Labute approximate surface area is 119 Å². The second kappa shape index (κ2) is 5.55. The monoisotopic (exact) mass is 324 g/mol. The fourth-order valence-corrected chi connectivity index (χ4v) is 2.41. The van der Waals surface area contributed by atoms with Crippen molar-refractivity contribution in [1.82, 2.24) is 0 Å². The average molecular weight is 326 g/mol. The van der Waals surface area contributed by atoms with Crippen molar-refractivity contribution in [2.75, 3.05) is 7.11 Å². The molecule has 0 aliphatic carbocycles. The molecule has 0 heterocycles. The molecule has 0 aromatic heterocycles. The summed E-state index contributed by atoms with van der Waals surface area (Å²) in [5.41, 5.74) is 2.41. The van der Waals surface area contributed by atoms with Crippen LogP contribution in [0.15, 0.2) is 46.9 Å². The Morgan fingerprint density at radius 2 is 1.83 bits per heavy atom. The van der Waals surface area contributed by atoms with E-state index in [0.29, 0.717) is 10.6 Å². The van der Waals surface area contributed by atoms with Crippen molar-refractivity contribution in [3.05, 3.63) is 57.5 Å². The molecule has 0 unspecified atom stereocenters. The summed E-state index contributed by atoms with van der Waals surface area (Å²) in [5, 5.41) is 0.662. The van der Waals surface area contributed by atoms with Gasteiger partial charge in [-0.3, -0.25) is 0 Å². The maximum absolute atomic E-state index is 11.3. The Kier molecular flexibility index (Phi) is 4.04. The predicted molar refractivity (Wildman–Crippen MR) is 75.9 cm³/mol. The summed E-state index contributed by atoms with van der Waals surface area (Å²) in [4.78, 5) is 11.3. The number of carbonyl (C=O) groups is 1. The Morgan fingerprint density at radius 1 is 1.17 bits per heavy atom. The van der Waals surface area contributed by atoms with Crippen LogP contribution in [-0.2, 0) is 4.74 Å². The van der Waals surface area contributed by atoms with Crippen molar-refractivity contribution in [3.63, 3.8) is 0 Å². The van der Waals surface area contributed by atoms with Crippen molar-refractivity contribution in [2.45, 2.75) is 0 Å². The zero-order chi connectivity index (χ0) is 13.1. The van der Waals surface area contributed by atoms with Crippen molar-refractivity contribution in [2.24, 2.45) is 0 Å². The molecule has 0 N–H and O–H groups in total. The summed E-state index contributed by atoms with van der Waals surface area (Å²) in [6, 6.07) is 12.8. The smallest absolute Gasteiger partial charge is 0.337 e. The molecule has 92 valence electrons. The summed E-state index contributed by atoms with van der Waals surface area (Å²) in [6.07, 6.45) is 0. The second-order valence-electron chi connectivity index (χ2n) is 3.69. The van der Waals surface area contributed by atoms with Gasteiger partial charge in [-0.25, -0.2) is 4.79 Å². The maximum atomic E-state index is 11.3. The topological polar surface area (TPSA) is 26.3 Å². The molecule has 2 aromatic rings. The molecule has 2 aromatic carbocycles. The van der Waals surface area contributed by atoms with Gasteiger partial charge in [-0.15, -0.1) is 0 Å². The molecule has 18 heavy (non-hydrogen) atoms. The first-order valence-corrected chi connectivity index (χ1v) is 6.42. The molecule has 2 rings (SSSR count). The third-order valence-corrected chi connectivity index (χ3v) is 3.35. The molecular weight excluding hydrogens is 316 g/mol. The van der Waals surface area contributed by atoms with Gasteiger partial charge in [-0.2, -0.15) is 0 Å². The summed E-state index contributed by atoms with van der Waals surface area (Å²) in [7, 11) is 1.36. The first-order chi connectivity index (χ1) is 8.61. The third kappa shape index (κ3) is 2.74. The van der Waals surface area contributed by atoms with E-state index in [1.807, 2.05) is 30.3 Å². The summed E-state index contributed by atoms with van der Waals surface area (Å²) in [6.45, 7) is 0. The highest BCUT2D eigenvalue weighted by atomic mass is 79.9. The number of hydrogen-bond acceptors (Lipinski definition) is 2. The Morgan fingerprint density at radius 3 is 2.39 bits per heavy atom. The predicted octanol–water partition coefficient (Wildman–Crippen LogP) is 4.56. The van der Waals surface area contributed by atoms with Crippen LogP contribution in [0.4, 0.5) is 0 Å². The van der Waals surface area contributed by atoms with Gasteiger partial charge in [0, 0.05) is 15.1 Å². The molecule has 0 saturated carbocycles. The second-order valence-corrected chi connectivity index (χ2v) is 5.02. The highest BCUT2D eigenvalue weighted by molar-refractivity contribution is 9.10. The van der Waals surface area contributed by atoms with Crippen molar-refractivity contribution in [3.8, 4) is 11.1 Å². The summed E-state index contributed by atoms with van der Waals surface area (Å²) < 4.78 is 5.58. The third-order valence-electron chi connectivity index (χ3n) is 2.55. The van der Waals surface area contributed by atoms with Gasteiger partial charge in [0.15, 0.2) is 0 Å². The van der Waals surface area contributed by atoms with Gasteiger partial charge < -0.3 is 4.74 Å². The molecule has 0 atom stereocenters. The van der Waals surface area contributed by atoms with E-state index >= 15 is 0 Å². The number of halogens is 2. The number of ether oxygens (including phenoxy) is 1. The maximum Gasteiger partial charge on any atom is 0.337 e. The Bertz CT molecular complexity index is 579. The molecule has 0 bridgehead atoms. The average Bonchev–Trinajstić information content (AvgIpc) is 2.38. The van der Waals surface area contributed by atoms with Crippen LogP contribution in [0.1, 0.15) is 10.4 Å². The number of hydrogen-bond donors (Lipinski definition) is 0. The van der Waals surface area contributed by atoms with E-state index in [9.17, 15) is 4.79 Å². The highest BCUT2D eigenvalue weighted by Crippen LogP contribution is 2.30. The lowest BCUT2D eigenvalue weighted by Crippen LogP contribution is -2.00. The molecule has 4 heteroatoms. The fraction of sp³-hybridized carbons (Fsp3) is 0.0714. The lowest BCUT2D eigenvalue weighted by Gasteiger charge is -2.06. The SMILES string of the molecule is COC(=O)c1ccc(-c2ccc(Br)cc2Cl)cc1. The van der Waals surface area contributed by atoms with Gasteiger partial charge in [0.25, 0.3) is 0 Å². The molecule has 0 aliphatic heterocycles. The van der Waals surface area contributed by atoms with Crippen LogP contribution in [0.5, 0.6) is 0 Å². The summed E-state index contributed by atoms with van der Waals surface area (Å²) in [5.74, 6) is -0.344. The van der Waals surface area contributed by atoms with Crippen LogP contribution in [-0.4, -0.2) is 13.1 Å². The zero-order valence-corrected chi connectivity index (χ0v) is 12.0. The molecule has 0 saturated heterocycles. The van der Waals surface area contributed by atoms with Gasteiger partial charge >= 0.3 is 5.97 Å². The number of methoxy groups -OCH3 is 1. The van der Waals surface area contributed by atoms with E-state index in [4.69, 9.17) is 11.6 Å². The van der Waals surface area contributed by atoms with Crippen molar-refractivity contribution < 1.29 is 9.53 Å². The first kappa shape index (κ1) is 13.1. The number of rotatable bonds is 2. The van der Waals surface area contributed by atoms with Crippen LogP contribution in [0.2, 0.25) is 5.02 Å². The van der Waals surface area contributed by atoms with Crippen LogP contribution in [0.25, 0.3) is 11.1 Å². The first-order valence-electron chi connectivity index (χ1n) is 5.25. The van der Waals surface area contributed by atoms with Gasteiger partial charge in [-0.05, 0) is 29.8 Å². The Balaban J connectivity index is 2.37. The van der Waals surface area contributed by atoms with Gasteiger partial charge in [-0.1, -0.05) is 45.7 Å². The molecule has 0 radical (unpaired) electrons. The summed E-state index contributed by atoms with van der Waals surface area (Å²) >= 11 is 9.54. The molecular formula is C14H10BrClO2. The van der Waals surface area contributed by atoms with Gasteiger partial charge in [0.05, 0.1) is 12.7 Å². The molecule has 0 spiro atoms. The van der Waals surface area contributed by atoms with Crippen molar-refractivity contribution in [1.29, 1.82) is 0 Å². The number of carbonyl (C=O) groups excluding carboxylic acids is 1.